The molecule has 41 heavy (non-hydrogen) atoms. The number of carbonyl (C=O) groups excluding carboxylic acids is 1. The van der Waals surface area contributed by atoms with Crippen LogP contribution in [-0.4, -0.2) is 62.5 Å². The number of fused-ring (bicyclic) bond motifs is 1. The number of halogens is 5. The van der Waals surface area contributed by atoms with Gasteiger partial charge in [-0.05, 0) is 61.4 Å². The number of pyridine rings is 1. The Hall–Kier alpha value is -3.18. The molecule has 0 aliphatic carbocycles. The average molecular weight is 605 g/mol. The van der Waals surface area contributed by atoms with Gasteiger partial charge in [0.15, 0.2) is 5.65 Å². The summed E-state index contributed by atoms with van der Waals surface area (Å²) < 4.78 is 43.7. The van der Waals surface area contributed by atoms with E-state index < -0.39 is 17.6 Å². The standard InChI is InChI=1S/C29H29Cl2F3N6O/c1-18(2)39-10-8-38(9-11-39)16-19-5-6-20(12-23(19)29(32,33)34)37-27(41)15-22-24(30)13-21(14-25(22)31)40-17-36-26-4-3-7-35-28(26)40/h3-7,12-14,17-18H,8-11,15-16H2,1-2H3,(H,37,41). The largest absolute Gasteiger partial charge is 0.416 e. The summed E-state index contributed by atoms with van der Waals surface area (Å²) in [5.74, 6) is -0.540. The lowest BCUT2D eigenvalue weighted by atomic mass is 10.0. The Balaban J connectivity index is 1.29. The highest BCUT2D eigenvalue weighted by atomic mass is 35.5. The van der Waals surface area contributed by atoms with Crippen LogP contribution < -0.4 is 5.32 Å². The lowest BCUT2D eigenvalue weighted by Gasteiger charge is -2.37. The van der Waals surface area contributed by atoms with Crippen molar-refractivity contribution in [1.82, 2.24) is 24.3 Å². The molecule has 4 aromatic rings. The second kappa shape index (κ2) is 12.0. The lowest BCUT2D eigenvalue weighted by molar-refractivity contribution is -0.138. The molecule has 0 spiro atoms. The Morgan fingerprint density at radius 3 is 2.39 bits per heavy atom. The summed E-state index contributed by atoms with van der Waals surface area (Å²) in [5, 5.41) is 3.05. The number of alkyl halides is 3. The second-order valence-electron chi connectivity index (χ2n) is 10.3. The minimum Gasteiger partial charge on any atom is -0.326 e. The first-order valence-corrected chi connectivity index (χ1v) is 14.0. The molecule has 1 amide bonds. The van der Waals surface area contributed by atoms with Crippen LogP contribution in [0, 0.1) is 0 Å². The number of benzene rings is 2. The van der Waals surface area contributed by atoms with Gasteiger partial charge >= 0.3 is 6.18 Å². The first-order valence-electron chi connectivity index (χ1n) is 13.2. The van der Waals surface area contributed by atoms with Gasteiger partial charge < -0.3 is 5.32 Å². The molecule has 12 heteroatoms. The predicted octanol–water partition coefficient (Wildman–Crippen LogP) is 6.45. The van der Waals surface area contributed by atoms with E-state index in [1.807, 2.05) is 11.0 Å². The lowest BCUT2D eigenvalue weighted by Crippen LogP contribution is -2.48. The Morgan fingerprint density at radius 1 is 1.02 bits per heavy atom. The molecule has 2 aromatic carbocycles. The number of rotatable bonds is 7. The van der Waals surface area contributed by atoms with E-state index in [9.17, 15) is 18.0 Å². The number of nitrogens with zero attached hydrogens (tertiary/aromatic N) is 5. The maximum absolute atomic E-state index is 14.0. The summed E-state index contributed by atoms with van der Waals surface area (Å²) >= 11 is 13.0. The van der Waals surface area contributed by atoms with Gasteiger partial charge in [0.2, 0.25) is 5.91 Å². The number of carbonyl (C=O) groups is 1. The second-order valence-corrected chi connectivity index (χ2v) is 11.2. The van der Waals surface area contributed by atoms with Crippen molar-refractivity contribution < 1.29 is 18.0 Å². The Morgan fingerprint density at radius 2 is 1.73 bits per heavy atom. The number of imidazole rings is 1. The minimum atomic E-state index is -4.56. The average Bonchev–Trinajstić information content (AvgIpc) is 3.35. The first-order chi connectivity index (χ1) is 19.5. The van der Waals surface area contributed by atoms with Crippen LogP contribution in [0.3, 0.4) is 0 Å². The van der Waals surface area contributed by atoms with Crippen molar-refractivity contribution in [2.45, 2.75) is 39.0 Å². The van der Waals surface area contributed by atoms with Crippen molar-refractivity contribution in [2.24, 2.45) is 0 Å². The maximum atomic E-state index is 14.0. The number of hydrogen-bond donors (Lipinski definition) is 1. The third kappa shape index (κ3) is 6.67. The molecule has 1 aliphatic rings. The molecule has 0 radical (unpaired) electrons. The van der Waals surface area contributed by atoms with E-state index in [0.29, 0.717) is 41.5 Å². The molecule has 3 heterocycles. The highest BCUT2D eigenvalue weighted by molar-refractivity contribution is 6.36. The maximum Gasteiger partial charge on any atom is 0.416 e. The summed E-state index contributed by atoms with van der Waals surface area (Å²) in [6.07, 6.45) is -1.54. The molecule has 7 nitrogen and oxygen atoms in total. The molecule has 1 fully saturated rings. The van der Waals surface area contributed by atoms with E-state index in [1.54, 1.807) is 35.3 Å². The van der Waals surface area contributed by atoms with Gasteiger partial charge in [-0.15, -0.1) is 0 Å². The van der Waals surface area contributed by atoms with Crippen molar-refractivity contribution in [1.29, 1.82) is 0 Å². The van der Waals surface area contributed by atoms with Crippen LogP contribution in [0.4, 0.5) is 18.9 Å². The number of amides is 1. The van der Waals surface area contributed by atoms with Crippen molar-refractivity contribution in [2.75, 3.05) is 31.5 Å². The topological polar surface area (TPSA) is 66.3 Å². The Kier molecular flexibility index (Phi) is 8.56. The van der Waals surface area contributed by atoms with Crippen molar-refractivity contribution in [3.05, 3.63) is 81.7 Å². The fraction of sp³-hybridized carbons (Fsp3) is 0.345. The van der Waals surface area contributed by atoms with Crippen molar-refractivity contribution in [3.63, 3.8) is 0 Å². The molecular formula is C29H29Cl2F3N6O. The van der Waals surface area contributed by atoms with Gasteiger partial charge in [0.25, 0.3) is 0 Å². The monoisotopic (exact) mass is 604 g/mol. The van der Waals surface area contributed by atoms with Gasteiger partial charge in [-0.25, -0.2) is 9.97 Å². The first kappa shape index (κ1) is 29.3. The highest BCUT2D eigenvalue weighted by Gasteiger charge is 2.34. The Labute approximate surface area is 245 Å². The number of anilines is 1. The summed E-state index contributed by atoms with van der Waals surface area (Å²) in [4.78, 5) is 25.9. The smallest absolute Gasteiger partial charge is 0.326 e. The molecular weight excluding hydrogens is 576 g/mol. The number of hydrogen-bond acceptors (Lipinski definition) is 5. The van der Waals surface area contributed by atoms with E-state index in [4.69, 9.17) is 23.2 Å². The molecule has 216 valence electrons. The number of piperazine rings is 1. The normalized spacial score (nSPS) is 15.1. The van der Waals surface area contributed by atoms with Crippen molar-refractivity contribution >= 4 is 46.0 Å². The minimum absolute atomic E-state index is 0.0514. The fourth-order valence-electron chi connectivity index (χ4n) is 5.04. The zero-order valence-electron chi connectivity index (χ0n) is 22.6. The van der Waals surface area contributed by atoms with Crippen LogP contribution in [0.15, 0.2) is 55.0 Å². The molecule has 0 unspecified atom stereocenters. The summed E-state index contributed by atoms with van der Waals surface area (Å²) in [7, 11) is 0. The summed E-state index contributed by atoms with van der Waals surface area (Å²) in [6, 6.07) is 11.2. The van der Waals surface area contributed by atoms with Crippen LogP contribution in [0.25, 0.3) is 16.9 Å². The molecule has 2 aromatic heterocycles. The van der Waals surface area contributed by atoms with Gasteiger partial charge in [0.1, 0.15) is 11.8 Å². The fourth-order valence-corrected chi connectivity index (χ4v) is 5.65. The van der Waals surface area contributed by atoms with Crippen LogP contribution in [0.1, 0.15) is 30.5 Å². The molecule has 0 saturated carbocycles. The van der Waals surface area contributed by atoms with Gasteiger partial charge in [0.05, 0.1) is 17.7 Å². The van der Waals surface area contributed by atoms with Gasteiger partial charge in [-0.3, -0.25) is 19.2 Å². The zero-order chi connectivity index (χ0) is 29.3. The molecule has 5 rings (SSSR count). The van der Waals surface area contributed by atoms with Crippen LogP contribution >= 0.6 is 23.2 Å². The SMILES string of the molecule is CC(C)N1CCN(Cc2ccc(NC(=O)Cc3c(Cl)cc(-n4cnc5cccnc54)cc3Cl)cc2C(F)(F)F)CC1. The van der Waals surface area contributed by atoms with E-state index in [2.05, 4.69) is 34.0 Å². The van der Waals surface area contributed by atoms with E-state index in [1.165, 1.54) is 12.1 Å². The highest BCUT2D eigenvalue weighted by Crippen LogP contribution is 2.35. The van der Waals surface area contributed by atoms with Crippen LogP contribution in [-0.2, 0) is 23.9 Å². The Bertz CT molecular complexity index is 1540. The van der Waals surface area contributed by atoms with E-state index in [-0.39, 0.29) is 34.3 Å². The third-order valence-corrected chi connectivity index (χ3v) is 7.95. The number of aromatic nitrogens is 3. The van der Waals surface area contributed by atoms with Crippen LogP contribution in [0.2, 0.25) is 10.0 Å². The van der Waals surface area contributed by atoms with E-state index >= 15 is 0 Å². The third-order valence-electron chi connectivity index (χ3n) is 7.28. The molecule has 1 aliphatic heterocycles. The molecule has 1 saturated heterocycles. The van der Waals surface area contributed by atoms with Crippen molar-refractivity contribution in [3.8, 4) is 5.69 Å². The summed E-state index contributed by atoms with van der Waals surface area (Å²) in [6.45, 7) is 7.44. The van der Waals surface area contributed by atoms with Gasteiger partial charge in [-0.2, -0.15) is 13.2 Å². The molecule has 0 bridgehead atoms. The zero-order valence-corrected chi connectivity index (χ0v) is 24.1. The van der Waals surface area contributed by atoms with Gasteiger partial charge in [-0.1, -0.05) is 29.3 Å². The molecule has 1 N–H and O–H groups in total. The van der Waals surface area contributed by atoms with Crippen LogP contribution in [0.5, 0.6) is 0 Å². The molecule has 0 atom stereocenters. The van der Waals surface area contributed by atoms with Gasteiger partial charge in [0, 0.05) is 60.7 Å². The predicted molar refractivity (Wildman–Crippen MR) is 155 cm³/mol. The quantitative estimate of drug-likeness (QED) is 0.262. The van der Waals surface area contributed by atoms with E-state index in [0.717, 1.165) is 19.2 Å². The summed E-state index contributed by atoms with van der Waals surface area (Å²) in [5.41, 5.74) is 1.75. The number of nitrogens with one attached hydrogen (secondary N) is 1.